The number of carbonyl (C=O) groups excluding carboxylic acids is 1. The van der Waals surface area contributed by atoms with Crippen LogP contribution in [0.4, 0.5) is 0 Å². The Hall–Kier alpha value is -2.14. The second-order valence-electron chi connectivity index (χ2n) is 4.85. The fourth-order valence-electron chi connectivity index (χ4n) is 1.86. The van der Waals surface area contributed by atoms with Crippen molar-refractivity contribution in [1.82, 2.24) is 5.16 Å². The number of nitrogens with zero attached hydrogens (tertiary/aromatic N) is 1. The number of aromatic nitrogens is 1. The summed E-state index contributed by atoms with van der Waals surface area (Å²) >= 11 is 0. The van der Waals surface area contributed by atoms with Gasteiger partial charge in [0, 0.05) is 19.6 Å². The maximum absolute atomic E-state index is 10.9. The number of ether oxygens (including phenoxy) is 2. The summed E-state index contributed by atoms with van der Waals surface area (Å²) in [5, 5.41) is 3.90. The molecule has 2 aromatic rings. The summed E-state index contributed by atoms with van der Waals surface area (Å²) in [6.07, 6.45) is 1.33. The molecule has 0 N–H and O–H groups in total. The first-order valence-electron chi connectivity index (χ1n) is 6.82. The number of ketones is 1. The fraction of sp³-hybridized carbons (Fsp3) is 0.375. The summed E-state index contributed by atoms with van der Waals surface area (Å²) in [4.78, 5) is 10.9. The van der Waals surface area contributed by atoms with Crippen molar-refractivity contribution in [2.45, 2.75) is 33.0 Å². The highest BCUT2D eigenvalue weighted by molar-refractivity contribution is 5.75. The fourth-order valence-corrected chi connectivity index (χ4v) is 1.86. The van der Waals surface area contributed by atoms with Crippen LogP contribution in [0.5, 0.6) is 5.75 Å². The Kier molecular flexibility index (Phi) is 5.51. The first kappa shape index (κ1) is 15.3. The van der Waals surface area contributed by atoms with Crippen molar-refractivity contribution < 1.29 is 18.8 Å². The standard InChI is InChI=1S/C16H19NO4/c1-12(18)3-4-13-5-7-15(8-6-13)20-10-14-9-16(11-19-2)21-17-14/h5-9H,3-4,10-11H2,1-2H3. The Morgan fingerprint density at radius 3 is 2.67 bits per heavy atom. The third kappa shape index (κ3) is 5.04. The molecule has 5 nitrogen and oxygen atoms in total. The first-order valence-corrected chi connectivity index (χ1v) is 6.82. The van der Waals surface area contributed by atoms with Gasteiger partial charge in [0.25, 0.3) is 0 Å². The molecule has 0 saturated heterocycles. The van der Waals surface area contributed by atoms with Crippen LogP contribution in [0, 0.1) is 0 Å². The van der Waals surface area contributed by atoms with Crippen LogP contribution in [0.1, 0.15) is 30.4 Å². The van der Waals surface area contributed by atoms with E-state index in [0.717, 1.165) is 23.4 Å². The van der Waals surface area contributed by atoms with Crippen LogP contribution in [-0.2, 0) is 29.2 Å². The van der Waals surface area contributed by atoms with E-state index in [4.69, 9.17) is 14.0 Å². The predicted octanol–water partition coefficient (Wildman–Crippen LogP) is 2.92. The second kappa shape index (κ2) is 7.59. The summed E-state index contributed by atoms with van der Waals surface area (Å²) in [6.45, 7) is 2.35. The molecule has 0 fully saturated rings. The number of rotatable bonds is 8. The highest BCUT2D eigenvalue weighted by Crippen LogP contribution is 2.15. The smallest absolute Gasteiger partial charge is 0.162 e. The molecule has 0 spiro atoms. The molecule has 0 aliphatic heterocycles. The molecule has 0 amide bonds. The maximum atomic E-state index is 10.9. The van der Waals surface area contributed by atoms with Crippen molar-refractivity contribution in [1.29, 1.82) is 0 Å². The van der Waals surface area contributed by atoms with Crippen LogP contribution in [0.15, 0.2) is 34.9 Å². The van der Waals surface area contributed by atoms with Crippen molar-refractivity contribution in [3.63, 3.8) is 0 Å². The largest absolute Gasteiger partial charge is 0.487 e. The Morgan fingerprint density at radius 1 is 1.24 bits per heavy atom. The maximum Gasteiger partial charge on any atom is 0.162 e. The third-order valence-electron chi connectivity index (χ3n) is 2.97. The lowest BCUT2D eigenvalue weighted by molar-refractivity contribution is -0.116. The van der Waals surface area contributed by atoms with Gasteiger partial charge in [0.1, 0.15) is 30.4 Å². The number of hydrogen-bond donors (Lipinski definition) is 0. The van der Waals surface area contributed by atoms with E-state index in [1.54, 1.807) is 14.0 Å². The number of carbonyl (C=O) groups is 1. The van der Waals surface area contributed by atoms with E-state index in [1.807, 2.05) is 30.3 Å². The molecule has 0 radical (unpaired) electrons. The average Bonchev–Trinajstić information content (AvgIpc) is 2.92. The molecular formula is C16H19NO4. The van der Waals surface area contributed by atoms with Gasteiger partial charge >= 0.3 is 0 Å². The zero-order chi connectivity index (χ0) is 15.1. The molecule has 0 aliphatic carbocycles. The first-order chi connectivity index (χ1) is 10.2. The van der Waals surface area contributed by atoms with Gasteiger partial charge in [0.05, 0.1) is 0 Å². The van der Waals surface area contributed by atoms with E-state index < -0.39 is 0 Å². The van der Waals surface area contributed by atoms with Gasteiger partial charge in [0.2, 0.25) is 0 Å². The lowest BCUT2D eigenvalue weighted by Gasteiger charge is -2.05. The summed E-state index contributed by atoms with van der Waals surface area (Å²) in [7, 11) is 1.60. The van der Waals surface area contributed by atoms with Gasteiger partial charge in [-0.3, -0.25) is 0 Å². The van der Waals surface area contributed by atoms with Crippen LogP contribution in [0.2, 0.25) is 0 Å². The SMILES string of the molecule is COCc1cc(COc2ccc(CCC(C)=O)cc2)no1. The topological polar surface area (TPSA) is 61.6 Å². The molecule has 21 heavy (non-hydrogen) atoms. The van der Waals surface area contributed by atoms with Crippen LogP contribution in [0.3, 0.4) is 0 Å². The normalized spacial score (nSPS) is 10.6. The van der Waals surface area contributed by atoms with E-state index in [1.165, 1.54) is 0 Å². The quantitative estimate of drug-likeness (QED) is 0.747. The van der Waals surface area contributed by atoms with E-state index in [0.29, 0.717) is 25.4 Å². The van der Waals surface area contributed by atoms with E-state index in [2.05, 4.69) is 5.16 Å². The molecule has 1 aromatic heterocycles. The third-order valence-corrected chi connectivity index (χ3v) is 2.97. The molecule has 0 saturated carbocycles. The van der Waals surface area contributed by atoms with E-state index in [-0.39, 0.29) is 5.78 Å². The number of benzene rings is 1. The van der Waals surface area contributed by atoms with E-state index in [9.17, 15) is 4.79 Å². The van der Waals surface area contributed by atoms with Crippen LogP contribution >= 0.6 is 0 Å². The van der Waals surface area contributed by atoms with Gasteiger partial charge in [-0.1, -0.05) is 17.3 Å². The molecule has 0 bridgehead atoms. The zero-order valence-corrected chi connectivity index (χ0v) is 12.3. The number of hydrogen-bond acceptors (Lipinski definition) is 5. The lowest BCUT2D eigenvalue weighted by atomic mass is 10.1. The van der Waals surface area contributed by atoms with Gasteiger partial charge in [0.15, 0.2) is 5.76 Å². The second-order valence-corrected chi connectivity index (χ2v) is 4.85. The van der Waals surface area contributed by atoms with Crippen LogP contribution in [0.25, 0.3) is 0 Å². The minimum atomic E-state index is 0.202. The zero-order valence-electron chi connectivity index (χ0n) is 12.3. The van der Waals surface area contributed by atoms with Crippen molar-refractivity contribution >= 4 is 5.78 Å². The minimum Gasteiger partial charge on any atom is -0.487 e. The van der Waals surface area contributed by atoms with Crippen molar-refractivity contribution in [2.24, 2.45) is 0 Å². The van der Waals surface area contributed by atoms with Gasteiger partial charge in [-0.25, -0.2) is 0 Å². The van der Waals surface area contributed by atoms with Gasteiger partial charge in [-0.2, -0.15) is 0 Å². The van der Waals surface area contributed by atoms with Gasteiger partial charge < -0.3 is 18.8 Å². The molecule has 2 rings (SSSR count). The predicted molar refractivity (Wildman–Crippen MR) is 77.0 cm³/mol. The van der Waals surface area contributed by atoms with Gasteiger partial charge in [-0.05, 0) is 31.0 Å². The summed E-state index contributed by atoms with van der Waals surface area (Å²) in [6, 6.07) is 9.54. The summed E-state index contributed by atoms with van der Waals surface area (Å²) in [5.41, 5.74) is 1.85. The highest BCUT2D eigenvalue weighted by Gasteiger charge is 2.05. The summed E-state index contributed by atoms with van der Waals surface area (Å²) < 4.78 is 15.7. The van der Waals surface area contributed by atoms with Crippen molar-refractivity contribution in [2.75, 3.05) is 7.11 Å². The van der Waals surface area contributed by atoms with Crippen LogP contribution in [-0.4, -0.2) is 18.0 Å². The molecule has 112 valence electrons. The number of Topliss-reactive ketones (excluding diaryl/α,β-unsaturated/α-hetero) is 1. The highest BCUT2D eigenvalue weighted by atomic mass is 16.5. The Labute approximate surface area is 123 Å². The minimum absolute atomic E-state index is 0.202. The average molecular weight is 289 g/mol. The molecule has 1 aromatic carbocycles. The molecule has 0 aliphatic rings. The molecule has 1 heterocycles. The molecule has 0 atom stereocenters. The Morgan fingerprint density at radius 2 is 2.00 bits per heavy atom. The number of aryl methyl sites for hydroxylation is 1. The van der Waals surface area contributed by atoms with Crippen LogP contribution < -0.4 is 4.74 Å². The summed E-state index contributed by atoms with van der Waals surface area (Å²) in [5.74, 6) is 1.64. The molecule has 0 unspecified atom stereocenters. The molecule has 5 heteroatoms. The molecular weight excluding hydrogens is 270 g/mol. The van der Waals surface area contributed by atoms with E-state index >= 15 is 0 Å². The lowest BCUT2D eigenvalue weighted by Crippen LogP contribution is -1.97. The monoisotopic (exact) mass is 289 g/mol. The Bertz CT molecular complexity index is 574. The van der Waals surface area contributed by atoms with Crippen molar-refractivity contribution in [3.05, 3.63) is 47.3 Å². The number of methoxy groups -OCH3 is 1. The van der Waals surface area contributed by atoms with Crippen molar-refractivity contribution in [3.8, 4) is 5.75 Å². The van der Waals surface area contributed by atoms with Gasteiger partial charge in [-0.15, -0.1) is 0 Å². The Balaban J connectivity index is 1.83.